The topological polar surface area (TPSA) is 252 Å². The van der Waals surface area contributed by atoms with E-state index in [0.717, 1.165) is 0 Å². The SMILES string of the molecule is CCC(C)C(N)C(=O)NC(CCCN=C(N)N)C(=O)NC(CC(=O)O)C(=O)NC(C(=O)O)C(C)CC. The van der Waals surface area contributed by atoms with Crippen molar-refractivity contribution in [3.05, 3.63) is 0 Å². The van der Waals surface area contributed by atoms with Gasteiger partial charge in [-0.2, -0.15) is 0 Å². The maximum absolute atomic E-state index is 13.0. The molecule has 0 heterocycles. The normalized spacial score (nSPS) is 15.8. The number of hydrogen-bond acceptors (Lipinski definition) is 7. The van der Waals surface area contributed by atoms with E-state index in [2.05, 4.69) is 20.9 Å². The van der Waals surface area contributed by atoms with Gasteiger partial charge in [0.25, 0.3) is 0 Å². The van der Waals surface area contributed by atoms with Crippen LogP contribution < -0.4 is 33.2 Å². The average Bonchev–Trinajstić information content (AvgIpc) is 2.81. The number of guanidine groups is 1. The van der Waals surface area contributed by atoms with Gasteiger partial charge in [-0.3, -0.25) is 24.2 Å². The molecule has 0 aromatic heterocycles. The number of aliphatic imine (C=N–C) groups is 1. The standard InChI is InChI=1S/C22H41N7O7/c1-5-11(3)16(23)20(34)27-13(8-7-9-26-22(24)25)18(32)28-14(10-15(30)31)19(33)29-17(21(35)36)12(4)6-2/h11-14,16-17H,5-10,23H2,1-4H3,(H,27,34)(H,28,32)(H,29,33)(H,30,31)(H,35,36)(H4,24,25,26). The van der Waals surface area contributed by atoms with Gasteiger partial charge in [0, 0.05) is 6.54 Å². The zero-order valence-electron chi connectivity index (χ0n) is 21.3. The predicted octanol–water partition coefficient (Wildman–Crippen LogP) is -1.53. The molecule has 3 amide bonds. The first-order valence-electron chi connectivity index (χ1n) is 11.9. The van der Waals surface area contributed by atoms with Gasteiger partial charge in [-0.25, -0.2) is 4.79 Å². The number of nitrogens with two attached hydrogens (primary N) is 3. The molecule has 0 aromatic rings. The Balaban J connectivity index is 5.71. The van der Waals surface area contributed by atoms with Crippen LogP contribution in [-0.4, -0.2) is 76.5 Å². The summed E-state index contributed by atoms with van der Waals surface area (Å²) in [6.45, 7) is 7.15. The van der Waals surface area contributed by atoms with Crippen molar-refractivity contribution >= 4 is 35.6 Å². The van der Waals surface area contributed by atoms with E-state index < -0.39 is 66.2 Å². The average molecular weight is 516 g/mol. The first-order valence-corrected chi connectivity index (χ1v) is 11.9. The molecular weight excluding hydrogens is 474 g/mol. The molecule has 11 N–H and O–H groups in total. The highest BCUT2D eigenvalue weighted by molar-refractivity contribution is 5.95. The second-order valence-electron chi connectivity index (χ2n) is 8.79. The molecule has 0 aliphatic heterocycles. The summed E-state index contributed by atoms with van der Waals surface area (Å²) in [5.74, 6) is -5.84. The molecule has 36 heavy (non-hydrogen) atoms. The molecule has 0 saturated carbocycles. The van der Waals surface area contributed by atoms with Crippen LogP contribution in [0.15, 0.2) is 4.99 Å². The van der Waals surface area contributed by atoms with Crippen LogP contribution in [0.3, 0.4) is 0 Å². The summed E-state index contributed by atoms with van der Waals surface area (Å²) in [7, 11) is 0. The molecule has 0 aliphatic carbocycles. The van der Waals surface area contributed by atoms with Gasteiger partial charge in [0.1, 0.15) is 18.1 Å². The number of carbonyl (C=O) groups excluding carboxylic acids is 3. The molecule has 0 bridgehead atoms. The summed E-state index contributed by atoms with van der Waals surface area (Å²) in [4.78, 5) is 65.1. The number of carboxylic acid groups (broad SMARTS) is 2. The van der Waals surface area contributed by atoms with Gasteiger partial charge in [0.15, 0.2) is 5.96 Å². The fraction of sp³-hybridized carbons (Fsp3) is 0.727. The molecule has 14 nitrogen and oxygen atoms in total. The first-order chi connectivity index (χ1) is 16.7. The first kappa shape index (κ1) is 32.6. The molecule has 0 saturated heterocycles. The van der Waals surface area contributed by atoms with E-state index in [-0.39, 0.29) is 31.3 Å². The Morgan fingerprint density at radius 1 is 0.833 bits per heavy atom. The zero-order valence-corrected chi connectivity index (χ0v) is 21.3. The molecule has 0 rings (SSSR count). The highest BCUT2D eigenvalue weighted by atomic mass is 16.4. The minimum absolute atomic E-state index is 0.0631. The summed E-state index contributed by atoms with van der Waals surface area (Å²) in [6.07, 6.45) is 0.601. The Morgan fingerprint density at radius 3 is 1.83 bits per heavy atom. The lowest BCUT2D eigenvalue weighted by molar-refractivity contribution is -0.144. The molecule has 6 atom stereocenters. The fourth-order valence-electron chi connectivity index (χ4n) is 3.15. The molecular formula is C22H41N7O7. The zero-order chi connectivity index (χ0) is 28.0. The third kappa shape index (κ3) is 11.8. The fourth-order valence-corrected chi connectivity index (χ4v) is 3.15. The lowest BCUT2D eigenvalue weighted by Crippen LogP contribution is -2.58. The Labute approximate surface area is 210 Å². The van der Waals surface area contributed by atoms with Gasteiger partial charge < -0.3 is 43.4 Å². The van der Waals surface area contributed by atoms with E-state index >= 15 is 0 Å². The number of aliphatic carboxylic acids is 2. The highest BCUT2D eigenvalue weighted by Crippen LogP contribution is 2.10. The Bertz CT molecular complexity index is 802. The highest BCUT2D eigenvalue weighted by Gasteiger charge is 2.33. The monoisotopic (exact) mass is 515 g/mol. The summed E-state index contributed by atoms with van der Waals surface area (Å²) in [5, 5.41) is 25.8. The maximum Gasteiger partial charge on any atom is 0.326 e. The summed E-state index contributed by atoms with van der Waals surface area (Å²) >= 11 is 0. The summed E-state index contributed by atoms with van der Waals surface area (Å²) in [6, 6.07) is -4.93. The van der Waals surface area contributed by atoms with Crippen LogP contribution >= 0.6 is 0 Å². The molecule has 0 fully saturated rings. The van der Waals surface area contributed by atoms with Gasteiger partial charge in [-0.15, -0.1) is 0 Å². The van der Waals surface area contributed by atoms with Crippen molar-refractivity contribution in [3.8, 4) is 0 Å². The van der Waals surface area contributed by atoms with Gasteiger partial charge in [-0.05, 0) is 24.7 Å². The van der Waals surface area contributed by atoms with Crippen molar-refractivity contribution in [2.75, 3.05) is 6.54 Å². The minimum atomic E-state index is -1.58. The number of nitrogens with zero attached hydrogens (tertiary/aromatic N) is 1. The Morgan fingerprint density at radius 2 is 1.36 bits per heavy atom. The molecule has 0 radical (unpaired) electrons. The lowest BCUT2D eigenvalue weighted by Gasteiger charge is -2.26. The van der Waals surface area contributed by atoms with E-state index in [4.69, 9.17) is 17.2 Å². The van der Waals surface area contributed by atoms with Crippen LogP contribution in [-0.2, 0) is 24.0 Å². The van der Waals surface area contributed by atoms with Crippen molar-refractivity contribution < 1.29 is 34.2 Å². The third-order valence-electron chi connectivity index (χ3n) is 5.93. The minimum Gasteiger partial charge on any atom is -0.481 e. The van der Waals surface area contributed by atoms with Crippen LogP contribution in [0.5, 0.6) is 0 Å². The number of nitrogens with one attached hydrogen (secondary N) is 3. The second kappa shape index (κ2) is 16.3. The molecule has 206 valence electrons. The number of amides is 3. The third-order valence-corrected chi connectivity index (χ3v) is 5.93. The largest absolute Gasteiger partial charge is 0.481 e. The number of carbonyl (C=O) groups is 5. The van der Waals surface area contributed by atoms with Crippen LogP contribution in [0.1, 0.15) is 59.8 Å². The lowest BCUT2D eigenvalue weighted by atomic mass is 9.98. The molecule has 6 unspecified atom stereocenters. The number of hydrogen-bond donors (Lipinski definition) is 8. The second-order valence-corrected chi connectivity index (χ2v) is 8.79. The van der Waals surface area contributed by atoms with E-state index in [1.165, 1.54) is 0 Å². The molecule has 0 spiro atoms. The quantitative estimate of drug-likeness (QED) is 0.0630. The molecule has 0 aromatic carbocycles. The van der Waals surface area contributed by atoms with Gasteiger partial charge in [0.2, 0.25) is 17.7 Å². The summed E-state index contributed by atoms with van der Waals surface area (Å²) in [5.41, 5.74) is 16.6. The molecule has 14 heteroatoms. The number of rotatable bonds is 17. The van der Waals surface area contributed by atoms with Crippen LogP contribution in [0, 0.1) is 11.8 Å². The smallest absolute Gasteiger partial charge is 0.326 e. The van der Waals surface area contributed by atoms with Crippen molar-refractivity contribution in [1.82, 2.24) is 16.0 Å². The van der Waals surface area contributed by atoms with Crippen LogP contribution in [0.2, 0.25) is 0 Å². The van der Waals surface area contributed by atoms with Gasteiger partial charge in [0.05, 0.1) is 12.5 Å². The maximum atomic E-state index is 13.0. The van der Waals surface area contributed by atoms with E-state index in [9.17, 15) is 34.2 Å². The van der Waals surface area contributed by atoms with Crippen molar-refractivity contribution in [2.45, 2.75) is 84.0 Å². The van der Waals surface area contributed by atoms with Gasteiger partial charge in [-0.1, -0.05) is 40.5 Å². The summed E-state index contributed by atoms with van der Waals surface area (Å²) < 4.78 is 0. The van der Waals surface area contributed by atoms with Crippen LogP contribution in [0.25, 0.3) is 0 Å². The van der Waals surface area contributed by atoms with E-state index in [0.29, 0.717) is 12.8 Å². The van der Waals surface area contributed by atoms with Crippen LogP contribution in [0.4, 0.5) is 0 Å². The van der Waals surface area contributed by atoms with E-state index in [1.807, 2.05) is 6.92 Å². The van der Waals surface area contributed by atoms with Gasteiger partial charge >= 0.3 is 11.9 Å². The Hall–Kier alpha value is -3.42. The van der Waals surface area contributed by atoms with Crippen molar-refractivity contribution in [2.24, 2.45) is 34.0 Å². The van der Waals surface area contributed by atoms with E-state index in [1.54, 1.807) is 20.8 Å². The predicted molar refractivity (Wildman–Crippen MR) is 132 cm³/mol. The van der Waals surface area contributed by atoms with Crippen molar-refractivity contribution in [1.29, 1.82) is 0 Å². The number of carboxylic acids is 2. The molecule has 0 aliphatic rings. The van der Waals surface area contributed by atoms with Crippen molar-refractivity contribution in [3.63, 3.8) is 0 Å². The Kier molecular flexibility index (Phi) is 14.7.